The second-order valence-electron chi connectivity index (χ2n) is 9.56. The molecule has 0 radical (unpaired) electrons. The van der Waals surface area contributed by atoms with Crippen molar-refractivity contribution in [3.63, 3.8) is 0 Å². The molecule has 2 aromatic carbocycles. The number of halogens is 4. The highest BCUT2D eigenvalue weighted by Gasteiger charge is 2.58. The minimum Gasteiger partial charge on any atom is -0.477 e. The van der Waals surface area contributed by atoms with Crippen LogP contribution in [-0.4, -0.2) is 47.5 Å². The number of amides is 1. The standard InChI is InChI=1S/C23H24BClF3NO7/c1-20(2)21(3,4)36-24(35-20)17-13(25)9-10-15-16(17)18(30)22(33-15,11-29-19(31)32)12-7-5-6-8-14(12)34-23(26,27)28/h5-10,18,29-30H,11H2,1-4H3,(H,31,32)/t18-,22+/m0/s1. The molecule has 0 unspecified atom stereocenters. The van der Waals surface area contributed by atoms with E-state index >= 15 is 0 Å². The number of nitrogens with one attached hydrogen (secondary N) is 1. The van der Waals surface area contributed by atoms with Gasteiger partial charge in [0.15, 0.2) is 5.60 Å². The van der Waals surface area contributed by atoms with E-state index in [2.05, 4.69) is 10.1 Å². The molecule has 0 bridgehead atoms. The maximum absolute atomic E-state index is 13.2. The lowest BCUT2D eigenvalue weighted by molar-refractivity contribution is -0.275. The fraction of sp³-hybridized carbons (Fsp3) is 0.435. The molecular weight excluding hydrogens is 506 g/mol. The highest BCUT2D eigenvalue weighted by atomic mass is 35.5. The highest BCUT2D eigenvalue weighted by molar-refractivity contribution is 6.66. The second kappa shape index (κ2) is 8.72. The van der Waals surface area contributed by atoms with E-state index in [1.807, 2.05) is 27.7 Å². The van der Waals surface area contributed by atoms with Gasteiger partial charge in [0.25, 0.3) is 0 Å². The van der Waals surface area contributed by atoms with E-state index in [0.717, 1.165) is 6.07 Å². The minimum atomic E-state index is -5.05. The number of alkyl halides is 3. The first-order valence-electron chi connectivity index (χ1n) is 10.9. The van der Waals surface area contributed by atoms with Crippen LogP contribution in [0.1, 0.15) is 44.9 Å². The number of para-hydroxylation sites is 1. The minimum absolute atomic E-state index is 0.0746. The Hall–Kier alpha value is -2.67. The summed E-state index contributed by atoms with van der Waals surface area (Å²) in [5, 5.41) is 23.2. The van der Waals surface area contributed by atoms with Crippen molar-refractivity contribution in [1.29, 1.82) is 0 Å². The Morgan fingerprint density at radius 2 is 1.75 bits per heavy atom. The molecule has 1 saturated heterocycles. The Morgan fingerprint density at radius 1 is 1.14 bits per heavy atom. The van der Waals surface area contributed by atoms with Gasteiger partial charge < -0.3 is 34.3 Å². The van der Waals surface area contributed by atoms with Gasteiger partial charge in [-0.1, -0.05) is 29.8 Å². The number of ether oxygens (including phenoxy) is 2. The van der Waals surface area contributed by atoms with Gasteiger partial charge in [0, 0.05) is 21.6 Å². The third kappa shape index (κ3) is 4.47. The smallest absolute Gasteiger partial charge is 0.477 e. The van der Waals surface area contributed by atoms with Crippen molar-refractivity contribution >= 4 is 30.3 Å². The predicted octanol–water partition coefficient (Wildman–Crippen LogP) is 4.13. The summed E-state index contributed by atoms with van der Waals surface area (Å²) < 4.78 is 62.0. The van der Waals surface area contributed by atoms with Crippen LogP contribution in [0.4, 0.5) is 18.0 Å². The molecule has 0 aromatic heterocycles. The van der Waals surface area contributed by atoms with Gasteiger partial charge in [0.05, 0.1) is 17.7 Å². The van der Waals surface area contributed by atoms with Crippen LogP contribution >= 0.6 is 11.6 Å². The van der Waals surface area contributed by atoms with Crippen LogP contribution in [-0.2, 0) is 14.9 Å². The molecular formula is C23H24BClF3NO7. The Bertz CT molecular complexity index is 1180. The third-order valence-corrected chi connectivity index (χ3v) is 7.09. The van der Waals surface area contributed by atoms with E-state index in [4.69, 9.17) is 25.6 Å². The number of carboxylic acid groups (broad SMARTS) is 1. The second-order valence-corrected chi connectivity index (χ2v) is 9.97. The summed E-state index contributed by atoms with van der Waals surface area (Å²) in [5.41, 5.74) is -3.45. The van der Waals surface area contributed by atoms with Crippen LogP contribution in [0.15, 0.2) is 36.4 Å². The average Bonchev–Trinajstić information content (AvgIpc) is 3.15. The molecule has 4 rings (SSSR count). The van der Waals surface area contributed by atoms with Crippen molar-refractivity contribution in [1.82, 2.24) is 5.32 Å². The fourth-order valence-electron chi connectivity index (χ4n) is 4.31. The first-order chi connectivity index (χ1) is 16.6. The van der Waals surface area contributed by atoms with Crippen molar-refractivity contribution in [3.8, 4) is 11.5 Å². The van der Waals surface area contributed by atoms with Crippen LogP contribution in [0.5, 0.6) is 11.5 Å². The predicted molar refractivity (Wildman–Crippen MR) is 124 cm³/mol. The molecule has 2 aromatic rings. The average molecular weight is 530 g/mol. The van der Waals surface area contributed by atoms with Gasteiger partial charge in [-0.05, 0) is 45.9 Å². The molecule has 13 heteroatoms. The first-order valence-corrected chi connectivity index (χ1v) is 11.3. The van der Waals surface area contributed by atoms with E-state index in [1.54, 1.807) is 0 Å². The monoisotopic (exact) mass is 529 g/mol. The molecule has 8 nitrogen and oxygen atoms in total. The zero-order chi connectivity index (χ0) is 26.7. The van der Waals surface area contributed by atoms with Gasteiger partial charge in [-0.25, -0.2) is 4.79 Å². The number of fused-ring (bicyclic) bond motifs is 1. The zero-order valence-corrected chi connectivity index (χ0v) is 20.5. The van der Waals surface area contributed by atoms with Gasteiger partial charge in [0.1, 0.15) is 17.6 Å². The largest absolute Gasteiger partial charge is 0.573 e. The fourth-order valence-corrected chi connectivity index (χ4v) is 4.57. The molecule has 36 heavy (non-hydrogen) atoms. The zero-order valence-electron chi connectivity index (χ0n) is 19.8. The molecule has 194 valence electrons. The molecule has 1 amide bonds. The summed E-state index contributed by atoms with van der Waals surface area (Å²) in [5.74, 6) is -0.585. The lowest BCUT2D eigenvalue weighted by atomic mass is 9.72. The van der Waals surface area contributed by atoms with Crippen molar-refractivity contribution in [2.45, 2.75) is 57.0 Å². The summed E-state index contributed by atoms with van der Waals surface area (Å²) in [4.78, 5) is 11.4. The number of carbonyl (C=O) groups is 1. The summed E-state index contributed by atoms with van der Waals surface area (Å²) in [6.45, 7) is 6.67. The number of benzene rings is 2. The number of hydrogen-bond acceptors (Lipinski definition) is 6. The molecule has 2 aliphatic heterocycles. The van der Waals surface area contributed by atoms with Gasteiger partial charge in [0.2, 0.25) is 0 Å². The van der Waals surface area contributed by atoms with Crippen molar-refractivity contribution in [3.05, 3.63) is 52.5 Å². The third-order valence-electron chi connectivity index (χ3n) is 6.76. The topological polar surface area (TPSA) is 106 Å². The van der Waals surface area contributed by atoms with Crippen LogP contribution in [0, 0.1) is 0 Å². The maximum atomic E-state index is 13.2. The molecule has 0 saturated carbocycles. The number of rotatable bonds is 5. The summed E-state index contributed by atoms with van der Waals surface area (Å²) in [6, 6.07) is 7.95. The van der Waals surface area contributed by atoms with E-state index < -0.39 is 54.8 Å². The summed E-state index contributed by atoms with van der Waals surface area (Å²) in [6.07, 6.45) is -8.21. The first kappa shape index (κ1) is 26.4. The van der Waals surface area contributed by atoms with Gasteiger partial charge in [-0.15, -0.1) is 13.2 Å². The van der Waals surface area contributed by atoms with E-state index in [1.165, 1.54) is 30.3 Å². The van der Waals surface area contributed by atoms with Crippen molar-refractivity contribution in [2.24, 2.45) is 0 Å². The van der Waals surface area contributed by atoms with E-state index in [-0.39, 0.29) is 27.4 Å². The van der Waals surface area contributed by atoms with Crippen molar-refractivity contribution in [2.75, 3.05) is 6.54 Å². The van der Waals surface area contributed by atoms with Gasteiger partial charge in [-0.2, -0.15) is 0 Å². The normalized spacial score (nSPS) is 24.2. The Labute approximate surface area is 210 Å². The highest BCUT2D eigenvalue weighted by Crippen LogP contribution is 2.52. The van der Waals surface area contributed by atoms with E-state index in [9.17, 15) is 28.2 Å². The van der Waals surface area contributed by atoms with Crippen LogP contribution < -0.4 is 20.3 Å². The Kier molecular flexibility index (Phi) is 6.40. The Morgan fingerprint density at radius 3 is 2.33 bits per heavy atom. The molecule has 1 fully saturated rings. The maximum Gasteiger partial charge on any atom is 0.573 e. The Balaban J connectivity index is 1.87. The number of hydrogen-bond donors (Lipinski definition) is 3. The van der Waals surface area contributed by atoms with Gasteiger partial charge in [-0.3, -0.25) is 0 Å². The SMILES string of the molecule is CC1(C)OB(c2c(Cl)ccc3c2[C@H](O)[C@@](CNC(=O)O)(c2ccccc2OC(F)(F)F)O3)OC1(C)C. The van der Waals surface area contributed by atoms with Crippen LogP contribution in [0.25, 0.3) is 0 Å². The molecule has 3 N–H and O–H groups in total. The van der Waals surface area contributed by atoms with Crippen LogP contribution in [0.3, 0.4) is 0 Å². The number of aliphatic hydroxyl groups excluding tert-OH is 1. The van der Waals surface area contributed by atoms with Crippen molar-refractivity contribution < 1.29 is 47.0 Å². The lowest BCUT2D eigenvalue weighted by Crippen LogP contribution is -2.47. The lowest BCUT2D eigenvalue weighted by Gasteiger charge is -2.33. The van der Waals surface area contributed by atoms with E-state index in [0.29, 0.717) is 0 Å². The van der Waals surface area contributed by atoms with Gasteiger partial charge >= 0.3 is 19.6 Å². The summed E-state index contributed by atoms with van der Waals surface area (Å²) >= 11 is 6.51. The molecule has 2 heterocycles. The molecule has 2 aliphatic rings. The molecule has 0 spiro atoms. The quantitative estimate of drug-likeness (QED) is 0.500. The molecule has 2 atom stereocenters. The number of aliphatic hydroxyl groups is 1. The molecule has 0 aliphatic carbocycles. The van der Waals surface area contributed by atoms with Crippen LogP contribution in [0.2, 0.25) is 5.02 Å². The summed E-state index contributed by atoms with van der Waals surface area (Å²) in [7, 11) is -1.04.